The first-order valence-electron chi connectivity index (χ1n) is 14.8. The fraction of sp³-hybridized carbons (Fsp3) is 0.257. The van der Waals surface area contributed by atoms with E-state index in [2.05, 4.69) is 5.32 Å². The van der Waals surface area contributed by atoms with Gasteiger partial charge < -0.3 is 15.0 Å². The molecule has 0 aliphatic heterocycles. The third-order valence-electron chi connectivity index (χ3n) is 7.57. The van der Waals surface area contributed by atoms with Crippen LogP contribution < -0.4 is 14.4 Å². The first-order chi connectivity index (χ1) is 22.0. The summed E-state index contributed by atoms with van der Waals surface area (Å²) in [6.07, 6.45) is 0.826. The van der Waals surface area contributed by atoms with Crippen molar-refractivity contribution in [3.63, 3.8) is 0 Å². The Balaban J connectivity index is 1.82. The van der Waals surface area contributed by atoms with Crippen LogP contribution in [0, 0.1) is 5.82 Å². The molecule has 1 N–H and O–H groups in total. The van der Waals surface area contributed by atoms with Crippen molar-refractivity contribution in [1.29, 1.82) is 0 Å². The number of halogens is 2. The highest BCUT2D eigenvalue weighted by molar-refractivity contribution is 7.92. The molecular formula is C35H37ClFN3O5S. The average molecular weight is 666 g/mol. The molecule has 4 aromatic carbocycles. The second kappa shape index (κ2) is 15.7. The van der Waals surface area contributed by atoms with Crippen LogP contribution in [0.3, 0.4) is 0 Å². The minimum atomic E-state index is -4.29. The number of nitrogens with zero attached hydrogens (tertiary/aromatic N) is 2. The molecule has 0 aromatic heterocycles. The van der Waals surface area contributed by atoms with Crippen LogP contribution in [0.15, 0.2) is 108 Å². The SMILES string of the molecule is CC[C@H](C)NC(=O)[C@@H](Cc1ccccc1)N(Cc1ccc(F)cc1)C(=O)CN(c1ccc(OC)c(Cl)c1)S(=O)(=O)c1ccccc1. The van der Waals surface area contributed by atoms with Gasteiger partial charge in [-0.05, 0) is 66.9 Å². The number of carbonyl (C=O) groups is 2. The number of carbonyl (C=O) groups excluding carboxylic acids is 2. The molecule has 0 saturated carbocycles. The smallest absolute Gasteiger partial charge is 0.264 e. The van der Waals surface area contributed by atoms with Crippen molar-refractivity contribution in [3.05, 3.63) is 125 Å². The summed E-state index contributed by atoms with van der Waals surface area (Å²) >= 11 is 6.41. The van der Waals surface area contributed by atoms with Crippen LogP contribution in [0.2, 0.25) is 5.02 Å². The lowest BCUT2D eigenvalue weighted by Gasteiger charge is -2.34. The van der Waals surface area contributed by atoms with Crippen LogP contribution in [-0.4, -0.2) is 50.9 Å². The van der Waals surface area contributed by atoms with Gasteiger partial charge in [-0.1, -0.05) is 79.2 Å². The third-order valence-corrected chi connectivity index (χ3v) is 9.66. The monoisotopic (exact) mass is 665 g/mol. The number of hydrogen-bond acceptors (Lipinski definition) is 5. The van der Waals surface area contributed by atoms with Crippen LogP contribution >= 0.6 is 11.6 Å². The number of amides is 2. The number of nitrogens with one attached hydrogen (secondary N) is 1. The van der Waals surface area contributed by atoms with E-state index in [9.17, 15) is 22.4 Å². The van der Waals surface area contributed by atoms with Gasteiger partial charge in [0.25, 0.3) is 10.0 Å². The first kappa shape index (κ1) is 34.5. The largest absolute Gasteiger partial charge is 0.495 e. The van der Waals surface area contributed by atoms with Gasteiger partial charge in [-0.3, -0.25) is 13.9 Å². The quantitative estimate of drug-likeness (QED) is 0.172. The maximum Gasteiger partial charge on any atom is 0.264 e. The van der Waals surface area contributed by atoms with E-state index in [-0.39, 0.29) is 34.6 Å². The highest BCUT2D eigenvalue weighted by Crippen LogP contribution is 2.32. The molecule has 0 spiro atoms. The molecule has 242 valence electrons. The van der Waals surface area contributed by atoms with E-state index in [1.807, 2.05) is 44.2 Å². The molecule has 11 heteroatoms. The van der Waals surface area contributed by atoms with Crippen LogP contribution in [0.4, 0.5) is 10.1 Å². The molecule has 46 heavy (non-hydrogen) atoms. The Bertz CT molecular complexity index is 1720. The van der Waals surface area contributed by atoms with E-state index < -0.39 is 40.2 Å². The fourth-order valence-electron chi connectivity index (χ4n) is 4.84. The summed E-state index contributed by atoms with van der Waals surface area (Å²) in [5, 5.41) is 3.14. The minimum Gasteiger partial charge on any atom is -0.495 e. The molecule has 4 rings (SSSR count). The summed E-state index contributed by atoms with van der Waals surface area (Å²) in [5.74, 6) is -1.15. The molecule has 0 saturated heterocycles. The number of ether oxygens (including phenoxy) is 1. The lowest BCUT2D eigenvalue weighted by atomic mass is 10.0. The van der Waals surface area contributed by atoms with Gasteiger partial charge in [0.05, 0.1) is 22.7 Å². The summed E-state index contributed by atoms with van der Waals surface area (Å²) < 4.78 is 48.2. The van der Waals surface area contributed by atoms with Gasteiger partial charge >= 0.3 is 0 Å². The lowest BCUT2D eigenvalue weighted by molar-refractivity contribution is -0.140. The molecular weight excluding hydrogens is 629 g/mol. The number of methoxy groups -OCH3 is 1. The first-order valence-corrected chi connectivity index (χ1v) is 16.6. The van der Waals surface area contributed by atoms with Crippen molar-refractivity contribution >= 4 is 39.1 Å². The van der Waals surface area contributed by atoms with Crippen LogP contribution in [0.1, 0.15) is 31.4 Å². The molecule has 2 atom stereocenters. The molecule has 8 nitrogen and oxygen atoms in total. The van der Waals surface area contributed by atoms with Crippen molar-refractivity contribution in [3.8, 4) is 5.75 Å². The molecule has 2 amide bonds. The Morgan fingerprint density at radius 3 is 2.13 bits per heavy atom. The standard InChI is InChI=1S/C35H37ClFN3O5S/c1-4-25(2)38-35(42)32(21-26-11-7-5-8-12-26)39(23-27-15-17-28(37)18-16-27)34(41)24-40(29-19-20-33(45-3)31(36)22-29)46(43,44)30-13-9-6-10-14-30/h5-20,22,25,32H,4,21,23-24H2,1-3H3,(H,38,42)/t25-,32+/m0/s1. The van der Waals surface area contributed by atoms with Crippen LogP contribution in [-0.2, 0) is 32.6 Å². The van der Waals surface area contributed by atoms with Crippen molar-refractivity contribution in [2.45, 2.75) is 50.2 Å². The Morgan fingerprint density at radius 2 is 1.54 bits per heavy atom. The summed E-state index contributed by atoms with van der Waals surface area (Å²) in [7, 11) is -2.85. The molecule has 0 heterocycles. The van der Waals surface area contributed by atoms with Crippen molar-refractivity contribution in [1.82, 2.24) is 10.2 Å². The Morgan fingerprint density at radius 1 is 0.913 bits per heavy atom. The van der Waals surface area contributed by atoms with E-state index in [0.29, 0.717) is 17.7 Å². The Hall–Kier alpha value is -4.41. The van der Waals surface area contributed by atoms with E-state index in [4.69, 9.17) is 16.3 Å². The molecule has 0 fully saturated rings. The van der Waals surface area contributed by atoms with E-state index in [1.165, 1.54) is 66.6 Å². The fourth-order valence-corrected chi connectivity index (χ4v) is 6.52. The highest BCUT2D eigenvalue weighted by Gasteiger charge is 2.35. The summed E-state index contributed by atoms with van der Waals surface area (Å²) in [5.41, 5.74) is 1.50. The second-order valence-electron chi connectivity index (χ2n) is 10.8. The van der Waals surface area contributed by atoms with Crippen LogP contribution in [0.5, 0.6) is 5.75 Å². The molecule has 0 bridgehead atoms. The zero-order valence-electron chi connectivity index (χ0n) is 25.9. The minimum absolute atomic E-state index is 0.0322. The number of rotatable bonds is 14. The van der Waals surface area contributed by atoms with Gasteiger partial charge in [0.2, 0.25) is 11.8 Å². The predicted molar refractivity (Wildman–Crippen MR) is 178 cm³/mol. The molecule has 0 aliphatic carbocycles. The van der Waals surface area contributed by atoms with Gasteiger partial charge in [-0.15, -0.1) is 0 Å². The molecule has 0 unspecified atom stereocenters. The number of benzene rings is 4. The number of sulfonamides is 1. The van der Waals surface area contributed by atoms with Crippen LogP contribution in [0.25, 0.3) is 0 Å². The van der Waals surface area contributed by atoms with Gasteiger partial charge in [-0.2, -0.15) is 0 Å². The maximum atomic E-state index is 14.5. The normalized spacial score (nSPS) is 12.5. The zero-order valence-corrected chi connectivity index (χ0v) is 27.5. The summed E-state index contributed by atoms with van der Waals surface area (Å²) in [6.45, 7) is 3.08. The van der Waals surface area contributed by atoms with Crippen molar-refractivity contribution in [2.24, 2.45) is 0 Å². The van der Waals surface area contributed by atoms with E-state index in [0.717, 1.165) is 9.87 Å². The lowest BCUT2D eigenvalue weighted by Crippen LogP contribution is -2.54. The topological polar surface area (TPSA) is 96.0 Å². The molecule has 0 radical (unpaired) electrons. The maximum absolute atomic E-state index is 14.5. The summed E-state index contributed by atoms with van der Waals surface area (Å²) in [6, 6.07) is 25.8. The Labute approximate surface area is 274 Å². The predicted octanol–water partition coefficient (Wildman–Crippen LogP) is 6.24. The number of hydrogen-bond donors (Lipinski definition) is 1. The van der Waals surface area contributed by atoms with E-state index in [1.54, 1.807) is 18.2 Å². The van der Waals surface area contributed by atoms with Crippen molar-refractivity contribution in [2.75, 3.05) is 18.0 Å². The average Bonchev–Trinajstić information content (AvgIpc) is 3.06. The van der Waals surface area contributed by atoms with Gasteiger partial charge in [0, 0.05) is 19.0 Å². The zero-order chi connectivity index (χ0) is 33.3. The highest BCUT2D eigenvalue weighted by atomic mass is 35.5. The second-order valence-corrected chi connectivity index (χ2v) is 13.1. The molecule has 4 aromatic rings. The van der Waals surface area contributed by atoms with Gasteiger partial charge in [0.15, 0.2) is 0 Å². The third kappa shape index (κ3) is 8.64. The van der Waals surface area contributed by atoms with Gasteiger partial charge in [-0.25, -0.2) is 12.8 Å². The van der Waals surface area contributed by atoms with Crippen molar-refractivity contribution < 1.29 is 27.1 Å². The molecule has 0 aliphatic rings. The Kier molecular flexibility index (Phi) is 11.8. The van der Waals surface area contributed by atoms with Gasteiger partial charge in [0.1, 0.15) is 24.2 Å². The summed E-state index contributed by atoms with van der Waals surface area (Å²) in [4.78, 5) is 29.7. The number of anilines is 1. The van der Waals surface area contributed by atoms with E-state index >= 15 is 0 Å².